The molecule has 0 unspecified atom stereocenters. The van der Waals surface area contributed by atoms with Crippen LogP contribution in [0.1, 0.15) is 5.56 Å². The molecular formula is C43H29N4PtS-. The summed E-state index contributed by atoms with van der Waals surface area (Å²) < 4.78 is 6.68. The number of para-hydroxylation sites is 4. The van der Waals surface area contributed by atoms with Gasteiger partial charge in [-0.15, -0.1) is 40.2 Å². The summed E-state index contributed by atoms with van der Waals surface area (Å²) in [5.41, 5.74) is 10.1. The fourth-order valence-corrected chi connectivity index (χ4v) is 7.45. The Morgan fingerprint density at radius 1 is 0.612 bits per heavy atom. The Morgan fingerprint density at radius 3 is 2.16 bits per heavy atom. The Bertz CT molecular complexity index is 2620. The second kappa shape index (κ2) is 13.0. The smallest absolute Gasteiger partial charge is 0.168 e. The van der Waals surface area contributed by atoms with Gasteiger partial charge in [0.05, 0.1) is 0 Å². The van der Waals surface area contributed by atoms with Gasteiger partial charge in [0, 0.05) is 50.6 Å². The van der Waals surface area contributed by atoms with Gasteiger partial charge in [0.25, 0.3) is 0 Å². The van der Waals surface area contributed by atoms with E-state index in [1.165, 1.54) is 16.5 Å². The molecule has 0 bridgehead atoms. The van der Waals surface area contributed by atoms with Gasteiger partial charge < -0.3 is 4.57 Å². The molecule has 9 aromatic rings. The van der Waals surface area contributed by atoms with Crippen LogP contribution in [0.15, 0.2) is 168 Å². The molecule has 0 aliphatic rings. The average molecular weight is 829 g/mol. The largest absolute Gasteiger partial charge is 0.319 e. The van der Waals surface area contributed by atoms with Gasteiger partial charge >= 0.3 is 0 Å². The molecule has 3 aromatic heterocycles. The van der Waals surface area contributed by atoms with Crippen molar-refractivity contribution in [3.05, 3.63) is 176 Å². The van der Waals surface area contributed by atoms with Crippen molar-refractivity contribution in [1.82, 2.24) is 18.7 Å². The molecule has 0 radical (unpaired) electrons. The number of fused-ring (bicyclic) bond motifs is 4. The van der Waals surface area contributed by atoms with E-state index in [0.29, 0.717) is 0 Å². The predicted octanol–water partition coefficient (Wildman–Crippen LogP) is 10.9. The quantitative estimate of drug-likeness (QED) is 0.156. The molecule has 0 fully saturated rings. The van der Waals surface area contributed by atoms with Gasteiger partial charge in [-0.05, 0) is 59.3 Å². The first-order chi connectivity index (χ1) is 23.7. The third-order valence-electron chi connectivity index (χ3n) is 8.89. The van der Waals surface area contributed by atoms with Gasteiger partial charge in [0.2, 0.25) is 0 Å². The maximum Gasteiger partial charge on any atom is 0.168 e. The minimum atomic E-state index is 0. The molecule has 0 atom stereocenters. The van der Waals surface area contributed by atoms with Gasteiger partial charge in [0.15, 0.2) is 17.4 Å². The third kappa shape index (κ3) is 5.59. The summed E-state index contributed by atoms with van der Waals surface area (Å²) in [5.74, 6) is 0.875. The Hall–Kier alpha value is -5.22. The van der Waals surface area contributed by atoms with E-state index in [4.69, 9.17) is 4.98 Å². The molecule has 49 heavy (non-hydrogen) atoms. The zero-order chi connectivity index (χ0) is 32.0. The van der Waals surface area contributed by atoms with E-state index in [2.05, 4.69) is 179 Å². The van der Waals surface area contributed by atoms with Crippen LogP contribution in [0.4, 0.5) is 0 Å². The van der Waals surface area contributed by atoms with Crippen molar-refractivity contribution in [1.29, 1.82) is 0 Å². The summed E-state index contributed by atoms with van der Waals surface area (Å²) in [7, 11) is 0. The maximum absolute atomic E-state index is 4.87. The van der Waals surface area contributed by atoms with Gasteiger partial charge in [-0.25, -0.2) is 9.55 Å². The van der Waals surface area contributed by atoms with Crippen molar-refractivity contribution in [3.63, 3.8) is 0 Å². The molecule has 0 spiro atoms. The van der Waals surface area contributed by atoms with Crippen LogP contribution >= 0.6 is 11.8 Å². The van der Waals surface area contributed by atoms with Crippen LogP contribution in [0.2, 0.25) is 0 Å². The topological polar surface area (TPSA) is 27.7 Å². The molecule has 0 saturated carbocycles. The standard InChI is InChI=1S/C43H29N4S.Pt/c1-30-12-5-6-17-36(30)31-24-25-44-43(26-31)47-39-19-8-7-18-37(39)38-23-22-35(28-42(38)47)48-34-16-11-15-33(27-34)46-29-45(32-13-3-2-4-14-32)40-20-9-10-21-41(40)46;/h2-26,29H,1H3;/q-1;. The molecule has 6 aromatic carbocycles. The van der Waals surface area contributed by atoms with E-state index < -0.39 is 0 Å². The van der Waals surface area contributed by atoms with E-state index >= 15 is 0 Å². The Kier molecular flexibility index (Phi) is 8.24. The number of pyridine rings is 1. The van der Waals surface area contributed by atoms with Crippen molar-refractivity contribution in [3.8, 4) is 28.3 Å². The molecule has 0 aliphatic carbocycles. The second-order valence-corrected chi connectivity index (χ2v) is 12.9. The van der Waals surface area contributed by atoms with Crippen molar-refractivity contribution in [2.75, 3.05) is 0 Å². The van der Waals surface area contributed by atoms with Gasteiger partial charge in [-0.1, -0.05) is 83.2 Å². The van der Waals surface area contributed by atoms with Crippen molar-refractivity contribution < 1.29 is 21.1 Å². The number of benzene rings is 6. The van der Waals surface area contributed by atoms with Crippen molar-refractivity contribution in [2.45, 2.75) is 16.7 Å². The summed E-state index contributed by atoms with van der Waals surface area (Å²) in [6.07, 6.45) is 4.05. The van der Waals surface area contributed by atoms with Crippen LogP contribution in [0, 0.1) is 19.1 Å². The third-order valence-corrected chi connectivity index (χ3v) is 9.80. The molecule has 0 saturated heterocycles. The van der Waals surface area contributed by atoms with Crippen LogP contribution < -0.4 is 0 Å². The molecule has 6 heteroatoms. The molecule has 0 N–H and O–H groups in total. The average Bonchev–Trinajstić information content (AvgIpc) is 3.69. The molecule has 9 rings (SSSR count). The van der Waals surface area contributed by atoms with E-state index in [1.54, 1.807) is 11.8 Å². The minimum Gasteiger partial charge on any atom is -0.319 e. The van der Waals surface area contributed by atoms with Crippen LogP contribution in [0.25, 0.3) is 61.2 Å². The molecule has 3 heterocycles. The number of rotatable bonds is 6. The number of nitrogens with zero attached hydrogens (tertiary/aromatic N) is 4. The fourth-order valence-electron chi connectivity index (χ4n) is 6.63. The molecule has 0 amide bonds. The fraction of sp³-hybridized carbons (Fsp3) is 0.0233. The Balaban J connectivity index is 0.00000348. The van der Waals surface area contributed by atoms with Crippen LogP contribution in [0.3, 0.4) is 0 Å². The Labute approximate surface area is 303 Å². The van der Waals surface area contributed by atoms with Gasteiger partial charge in [-0.2, -0.15) is 28.8 Å². The first-order valence-corrected chi connectivity index (χ1v) is 16.8. The van der Waals surface area contributed by atoms with Crippen molar-refractivity contribution >= 4 is 44.6 Å². The number of imidazole rings is 1. The van der Waals surface area contributed by atoms with E-state index in [1.807, 2.05) is 12.3 Å². The normalized spacial score (nSPS) is 11.3. The van der Waals surface area contributed by atoms with Crippen LogP contribution in [-0.4, -0.2) is 18.7 Å². The number of hydrogen-bond donors (Lipinski definition) is 0. The van der Waals surface area contributed by atoms with E-state index in [0.717, 1.165) is 60.0 Å². The monoisotopic (exact) mass is 828 g/mol. The molecule has 0 aliphatic heterocycles. The second-order valence-electron chi connectivity index (χ2n) is 11.8. The molecular weight excluding hydrogens is 800 g/mol. The number of hydrogen-bond acceptors (Lipinski definition) is 2. The zero-order valence-corrected chi connectivity index (χ0v) is 29.6. The van der Waals surface area contributed by atoms with Crippen LogP contribution in [-0.2, 0) is 21.1 Å². The number of aryl methyl sites for hydroxylation is 1. The van der Waals surface area contributed by atoms with Crippen LogP contribution in [0.5, 0.6) is 0 Å². The molecule has 238 valence electrons. The Morgan fingerprint density at radius 2 is 1.33 bits per heavy atom. The van der Waals surface area contributed by atoms with Gasteiger partial charge in [0.1, 0.15) is 11.5 Å². The molecule has 4 nitrogen and oxygen atoms in total. The summed E-state index contributed by atoms with van der Waals surface area (Å²) in [6.45, 7) is 2.15. The van der Waals surface area contributed by atoms with E-state index in [9.17, 15) is 0 Å². The summed E-state index contributed by atoms with van der Waals surface area (Å²) in [6, 6.07) is 58.4. The maximum atomic E-state index is 4.87. The SMILES string of the molecule is Cc1ccccc1-c1ccnc(-n2c3[c-]c(Sc4[c-]c(-n5[cH+]n(-c6ccccc6)c6ccccc65)ccc4)ccc3c3ccccc32)c1.[Pt]. The van der Waals surface area contributed by atoms with Crippen molar-refractivity contribution in [2.24, 2.45) is 0 Å². The summed E-state index contributed by atoms with van der Waals surface area (Å²) in [5, 5.41) is 2.34. The van der Waals surface area contributed by atoms with Gasteiger partial charge in [-0.3, -0.25) is 0 Å². The first-order valence-electron chi connectivity index (χ1n) is 16.0. The summed E-state index contributed by atoms with van der Waals surface area (Å²) in [4.78, 5) is 6.91. The van der Waals surface area contributed by atoms with E-state index in [-0.39, 0.29) is 21.1 Å². The first kappa shape index (κ1) is 31.1. The predicted molar refractivity (Wildman–Crippen MR) is 198 cm³/mol. The zero-order valence-electron chi connectivity index (χ0n) is 26.5. The number of aromatic nitrogens is 4. The summed E-state index contributed by atoms with van der Waals surface area (Å²) >= 11 is 1.67. The minimum absolute atomic E-state index is 0.